The number of phenols is 1. The summed E-state index contributed by atoms with van der Waals surface area (Å²) in [6.07, 6.45) is 0. The second kappa shape index (κ2) is 6.99. The molecule has 0 aliphatic heterocycles. The highest BCUT2D eigenvalue weighted by Crippen LogP contribution is 2.25. The van der Waals surface area contributed by atoms with Crippen LogP contribution in [-0.4, -0.2) is 17.6 Å². The van der Waals surface area contributed by atoms with Crippen LogP contribution >= 0.6 is 11.6 Å². The first kappa shape index (κ1) is 15.2. The van der Waals surface area contributed by atoms with E-state index in [-0.39, 0.29) is 23.1 Å². The van der Waals surface area contributed by atoms with E-state index in [0.29, 0.717) is 18.0 Å². The van der Waals surface area contributed by atoms with Crippen molar-refractivity contribution in [2.24, 2.45) is 0 Å². The van der Waals surface area contributed by atoms with Crippen molar-refractivity contribution in [3.63, 3.8) is 0 Å². The number of halogens is 1. The van der Waals surface area contributed by atoms with Crippen molar-refractivity contribution < 1.29 is 14.6 Å². The number of hydrogen-bond donors (Lipinski definition) is 2. The Morgan fingerprint density at radius 1 is 1.29 bits per heavy atom. The minimum atomic E-state index is -0.377. The van der Waals surface area contributed by atoms with Crippen molar-refractivity contribution in [1.82, 2.24) is 0 Å². The van der Waals surface area contributed by atoms with Gasteiger partial charge in [-0.05, 0) is 37.3 Å². The van der Waals surface area contributed by atoms with Crippen LogP contribution in [0.1, 0.15) is 22.8 Å². The molecule has 0 aliphatic rings. The fourth-order valence-electron chi connectivity index (χ4n) is 1.92. The molecule has 0 fully saturated rings. The van der Waals surface area contributed by atoms with Crippen molar-refractivity contribution >= 4 is 23.2 Å². The lowest BCUT2D eigenvalue weighted by molar-refractivity contribution is 0.102. The number of carbonyl (C=O) groups excluding carboxylic acids is 1. The van der Waals surface area contributed by atoms with Crippen LogP contribution < -0.4 is 10.1 Å². The highest BCUT2D eigenvalue weighted by atomic mass is 35.5. The van der Waals surface area contributed by atoms with Gasteiger partial charge in [-0.3, -0.25) is 4.79 Å². The summed E-state index contributed by atoms with van der Waals surface area (Å²) in [6.45, 7) is 2.44. The van der Waals surface area contributed by atoms with Crippen LogP contribution in [0, 0.1) is 0 Å². The van der Waals surface area contributed by atoms with E-state index < -0.39 is 0 Å². The normalized spacial score (nSPS) is 10.2. The molecule has 1 amide bonds. The summed E-state index contributed by atoms with van der Waals surface area (Å²) in [4.78, 5) is 12.1. The van der Waals surface area contributed by atoms with Gasteiger partial charge >= 0.3 is 0 Å². The maximum Gasteiger partial charge on any atom is 0.259 e. The van der Waals surface area contributed by atoms with Gasteiger partial charge in [-0.25, -0.2) is 0 Å². The molecule has 2 N–H and O–H groups in total. The first-order chi connectivity index (χ1) is 10.2. The number of hydrogen-bond acceptors (Lipinski definition) is 3. The molecule has 0 saturated heterocycles. The number of benzene rings is 2. The topological polar surface area (TPSA) is 58.6 Å². The van der Waals surface area contributed by atoms with Crippen LogP contribution in [-0.2, 0) is 5.88 Å². The van der Waals surface area contributed by atoms with Crippen LogP contribution in [0.25, 0.3) is 0 Å². The molecule has 2 aromatic rings. The molecule has 0 radical (unpaired) electrons. The first-order valence-electron chi connectivity index (χ1n) is 6.56. The Kier molecular flexibility index (Phi) is 5.06. The van der Waals surface area contributed by atoms with Crippen molar-refractivity contribution in [2.75, 3.05) is 11.9 Å². The summed E-state index contributed by atoms with van der Waals surface area (Å²) in [6, 6.07) is 11.6. The molecule has 5 heteroatoms. The molecule has 2 rings (SSSR count). The number of phenolic OH excluding ortho intramolecular Hbond substituents is 1. The van der Waals surface area contributed by atoms with E-state index >= 15 is 0 Å². The minimum Gasteiger partial charge on any atom is -0.507 e. The van der Waals surface area contributed by atoms with Crippen LogP contribution in [0.15, 0.2) is 42.5 Å². The SMILES string of the molecule is CCOc1ccc(NC(=O)c2ccccc2O)cc1CCl. The van der Waals surface area contributed by atoms with Crippen molar-refractivity contribution in [1.29, 1.82) is 0 Å². The maximum atomic E-state index is 12.1. The molecule has 4 nitrogen and oxygen atoms in total. The Balaban J connectivity index is 2.20. The molecular formula is C16H16ClNO3. The molecule has 0 spiro atoms. The number of rotatable bonds is 5. The largest absolute Gasteiger partial charge is 0.507 e. The van der Waals surface area contributed by atoms with Crippen molar-refractivity contribution in [2.45, 2.75) is 12.8 Å². The molecule has 0 bridgehead atoms. The van der Waals surface area contributed by atoms with Gasteiger partial charge in [0.15, 0.2) is 0 Å². The van der Waals surface area contributed by atoms with Gasteiger partial charge in [-0.15, -0.1) is 11.6 Å². The maximum absolute atomic E-state index is 12.1. The molecule has 0 aliphatic carbocycles. The monoisotopic (exact) mass is 305 g/mol. The fourth-order valence-corrected chi connectivity index (χ4v) is 2.13. The van der Waals surface area contributed by atoms with Gasteiger partial charge < -0.3 is 15.2 Å². The third-order valence-electron chi connectivity index (χ3n) is 2.91. The van der Waals surface area contributed by atoms with Gasteiger partial charge in [0.25, 0.3) is 5.91 Å². The Bertz CT molecular complexity index is 643. The van der Waals surface area contributed by atoms with E-state index in [1.54, 1.807) is 36.4 Å². The molecule has 0 atom stereocenters. The summed E-state index contributed by atoms with van der Waals surface area (Å²) in [5.74, 6) is 0.555. The van der Waals surface area contributed by atoms with E-state index in [4.69, 9.17) is 16.3 Å². The molecule has 2 aromatic carbocycles. The standard InChI is InChI=1S/C16H16ClNO3/c1-2-21-15-8-7-12(9-11(15)10-17)18-16(20)13-5-3-4-6-14(13)19/h3-9,19H,2,10H2,1H3,(H,18,20). The number of alkyl halides is 1. The Morgan fingerprint density at radius 3 is 2.71 bits per heavy atom. The predicted molar refractivity (Wildman–Crippen MR) is 83.2 cm³/mol. The van der Waals surface area contributed by atoms with Crippen LogP contribution in [0.3, 0.4) is 0 Å². The van der Waals surface area contributed by atoms with E-state index in [2.05, 4.69) is 5.32 Å². The van der Waals surface area contributed by atoms with E-state index in [0.717, 1.165) is 5.56 Å². The molecule has 0 saturated carbocycles. The third kappa shape index (κ3) is 3.67. The third-order valence-corrected chi connectivity index (χ3v) is 3.20. The molecule has 0 unspecified atom stereocenters. The zero-order valence-electron chi connectivity index (χ0n) is 11.6. The first-order valence-corrected chi connectivity index (χ1v) is 7.10. The summed E-state index contributed by atoms with van der Waals surface area (Å²) in [5, 5.41) is 12.4. The lowest BCUT2D eigenvalue weighted by Crippen LogP contribution is -2.12. The smallest absolute Gasteiger partial charge is 0.259 e. The number of anilines is 1. The van der Waals surface area contributed by atoms with Gasteiger partial charge in [0, 0.05) is 11.3 Å². The van der Waals surface area contributed by atoms with E-state index in [1.165, 1.54) is 6.07 Å². The quantitative estimate of drug-likeness (QED) is 0.826. The van der Waals surface area contributed by atoms with Crippen LogP contribution in [0.4, 0.5) is 5.69 Å². The lowest BCUT2D eigenvalue weighted by atomic mass is 10.1. The average molecular weight is 306 g/mol. The van der Waals surface area contributed by atoms with Crippen LogP contribution in [0.2, 0.25) is 0 Å². The van der Waals surface area contributed by atoms with Gasteiger partial charge in [0.1, 0.15) is 11.5 Å². The average Bonchev–Trinajstić information content (AvgIpc) is 2.49. The zero-order valence-corrected chi connectivity index (χ0v) is 12.4. The number of ether oxygens (including phenoxy) is 1. The van der Waals surface area contributed by atoms with Gasteiger partial charge in [0.2, 0.25) is 0 Å². The Labute approximate surface area is 128 Å². The second-order valence-corrected chi connectivity index (χ2v) is 4.63. The van der Waals surface area contributed by atoms with Gasteiger partial charge in [-0.2, -0.15) is 0 Å². The number of carbonyl (C=O) groups is 1. The summed E-state index contributed by atoms with van der Waals surface area (Å²) in [5.41, 5.74) is 1.62. The number of amides is 1. The van der Waals surface area contributed by atoms with Crippen molar-refractivity contribution in [3.05, 3.63) is 53.6 Å². The highest BCUT2D eigenvalue weighted by molar-refractivity contribution is 6.17. The summed E-state index contributed by atoms with van der Waals surface area (Å²) < 4.78 is 5.45. The second-order valence-electron chi connectivity index (χ2n) is 4.36. The molecule has 0 heterocycles. The zero-order chi connectivity index (χ0) is 15.2. The predicted octanol–water partition coefficient (Wildman–Crippen LogP) is 3.78. The van der Waals surface area contributed by atoms with E-state index in [9.17, 15) is 9.90 Å². The van der Waals surface area contributed by atoms with Gasteiger partial charge in [0.05, 0.1) is 18.1 Å². The highest BCUT2D eigenvalue weighted by Gasteiger charge is 2.11. The lowest BCUT2D eigenvalue weighted by Gasteiger charge is -2.11. The molecule has 21 heavy (non-hydrogen) atoms. The van der Waals surface area contributed by atoms with Crippen LogP contribution in [0.5, 0.6) is 11.5 Å². The summed E-state index contributed by atoms with van der Waals surface area (Å²) >= 11 is 5.89. The molecular weight excluding hydrogens is 290 g/mol. The fraction of sp³-hybridized carbons (Fsp3) is 0.188. The van der Waals surface area contributed by atoms with Crippen molar-refractivity contribution in [3.8, 4) is 11.5 Å². The Hall–Kier alpha value is -2.20. The minimum absolute atomic E-state index is 0.0569. The summed E-state index contributed by atoms with van der Waals surface area (Å²) in [7, 11) is 0. The van der Waals surface area contributed by atoms with Gasteiger partial charge in [-0.1, -0.05) is 12.1 Å². The number of nitrogens with one attached hydrogen (secondary N) is 1. The number of para-hydroxylation sites is 1. The van der Waals surface area contributed by atoms with E-state index in [1.807, 2.05) is 6.92 Å². The molecule has 0 aromatic heterocycles. The number of aromatic hydroxyl groups is 1. The molecule has 110 valence electrons. The Morgan fingerprint density at radius 2 is 2.05 bits per heavy atom.